The molecule has 0 radical (unpaired) electrons. The second-order valence-corrected chi connectivity index (χ2v) is 8.90. The molecule has 1 amide bonds. The van der Waals surface area contributed by atoms with Crippen molar-refractivity contribution in [2.24, 2.45) is 5.92 Å². The first-order valence-electron chi connectivity index (χ1n) is 12.0. The molecule has 4 rings (SSSR count). The van der Waals surface area contributed by atoms with E-state index in [1.54, 1.807) is 25.5 Å². The maximum atomic E-state index is 12.4. The highest BCUT2D eigenvalue weighted by Crippen LogP contribution is 2.25. The lowest BCUT2D eigenvalue weighted by atomic mass is 9.87. The van der Waals surface area contributed by atoms with Gasteiger partial charge in [0.15, 0.2) is 0 Å². The van der Waals surface area contributed by atoms with E-state index < -0.39 is 0 Å². The molecule has 1 N–H and O–H groups in total. The summed E-state index contributed by atoms with van der Waals surface area (Å²) in [5.41, 5.74) is 1.93. The minimum atomic E-state index is -0.0570. The molecular weight excluding hydrogens is 426 g/mol. The molecule has 178 valence electrons. The molecule has 0 bridgehead atoms. The Hall–Kier alpha value is -3.54. The predicted molar refractivity (Wildman–Crippen MR) is 135 cm³/mol. The van der Waals surface area contributed by atoms with Crippen molar-refractivity contribution in [1.29, 1.82) is 0 Å². The molecule has 0 saturated heterocycles. The molecule has 2 aromatic carbocycles. The van der Waals surface area contributed by atoms with Gasteiger partial charge in [-0.1, -0.05) is 37.3 Å². The third-order valence-corrected chi connectivity index (χ3v) is 6.28. The zero-order valence-electron chi connectivity index (χ0n) is 19.9. The van der Waals surface area contributed by atoms with Crippen LogP contribution in [0.25, 0.3) is 17.5 Å². The number of methoxy groups -OCH3 is 1. The molecule has 0 atom stereocenters. The lowest BCUT2D eigenvalue weighted by Crippen LogP contribution is -2.36. The van der Waals surface area contributed by atoms with Crippen LogP contribution in [0.15, 0.2) is 67.0 Å². The first kappa shape index (κ1) is 23.6. The van der Waals surface area contributed by atoms with E-state index in [0.29, 0.717) is 24.7 Å². The second-order valence-electron chi connectivity index (χ2n) is 8.90. The Morgan fingerprint density at radius 3 is 2.65 bits per heavy atom. The molecule has 6 heteroatoms. The van der Waals surface area contributed by atoms with Gasteiger partial charge in [-0.3, -0.25) is 4.79 Å². The fraction of sp³-hybridized carbons (Fsp3) is 0.357. The van der Waals surface area contributed by atoms with Crippen LogP contribution in [0.1, 0.15) is 38.2 Å². The van der Waals surface area contributed by atoms with Gasteiger partial charge in [0, 0.05) is 36.1 Å². The summed E-state index contributed by atoms with van der Waals surface area (Å²) in [4.78, 5) is 16.9. The fourth-order valence-corrected chi connectivity index (χ4v) is 4.32. The molecule has 1 saturated carbocycles. The molecule has 1 aromatic heterocycles. The van der Waals surface area contributed by atoms with Crippen molar-refractivity contribution in [2.75, 3.05) is 13.7 Å². The fourth-order valence-electron chi connectivity index (χ4n) is 4.32. The average Bonchev–Trinajstić information content (AvgIpc) is 3.33. The standard InChI is InChI=1S/C28H33N3O3/c1-21-8-11-24(12-9-21)30-27(32)13-10-22-18-25(33-2)20-26(19-22)34-17-16-31-15-14-29-28(31)23-6-4-3-5-7-23/h3-7,10,13-15,18-21,24H,8-9,11-12,16-17H2,1-2H3,(H,30,32)/b13-10+. The number of carbonyl (C=O) groups excluding carboxylic acids is 1. The van der Waals surface area contributed by atoms with Crippen LogP contribution in [-0.4, -0.2) is 35.2 Å². The van der Waals surface area contributed by atoms with E-state index in [1.807, 2.05) is 54.7 Å². The number of aromatic nitrogens is 2. The van der Waals surface area contributed by atoms with Gasteiger partial charge in [0.2, 0.25) is 5.91 Å². The summed E-state index contributed by atoms with van der Waals surface area (Å²) in [5.74, 6) is 3.00. The number of nitrogens with zero attached hydrogens (tertiary/aromatic N) is 2. The zero-order chi connectivity index (χ0) is 23.8. The highest BCUT2D eigenvalue weighted by atomic mass is 16.5. The van der Waals surface area contributed by atoms with Crippen molar-refractivity contribution in [3.8, 4) is 22.9 Å². The number of rotatable bonds is 9. The van der Waals surface area contributed by atoms with Crippen molar-refractivity contribution < 1.29 is 14.3 Å². The number of benzene rings is 2. The Bertz CT molecular complexity index is 1100. The van der Waals surface area contributed by atoms with Gasteiger partial charge in [0.05, 0.1) is 13.7 Å². The number of hydrogen-bond donors (Lipinski definition) is 1. The number of imidazole rings is 1. The Morgan fingerprint density at radius 1 is 1.12 bits per heavy atom. The van der Waals surface area contributed by atoms with E-state index in [1.165, 1.54) is 12.8 Å². The van der Waals surface area contributed by atoms with E-state index >= 15 is 0 Å². The van der Waals surface area contributed by atoms with Gasteiger partial charge < -0.3 is 19.4 Å². The van der Waals surface area contributed by atoms with Gasteiger partial charge in [0.25, 0.3) is 0 Å². The smallest absolute Gasteiger partial charge is 0.244 e. The van der Waals surface area contributed by atoms with Gasteiger partial charge in [-0.25, -0.2) is 4.98 Å². The van der Waals surface area contributed by atoms with Crippen molar-refractivity contribution in [3.05, 3.63) is 72.6 Å². The minimum absolute atomic E-state index is 0.0570. The van der Waals surface area contributed by atoms with E-state index in [4.69, 9.17) is 9.47 Å². The molecule has 1 aliphatic rings. The molecule has 3 aromatic rings. The van der Waals surface area contributed by atoms with Gasteiger partial charge in [-0.2, -0.15) is 0 Å². The summed E-state index contributed by atoms with van der Waals surface area (Å²) in [6.07, 6.45) is 11.6. The largest absolute Gasteiger partial charge is 0.497 e. The molecule has 34 heavy (non-hydrogen) atoms. The predicted octanol–water partition coefficient (Wildman–Crippen LogP) is 5.35. The van der Waals surface area contributed by atoms with Gasteiger partial charge in [-0.05, 0) is 55.4 Å². The Balaban J connectivity index is 1.35. The highest BCUT2D eigenvalue weighted by Gasteiger charge is 2.18. The van der Waals surface area contributed by atoms with Crippen LogP contribution in [0.4, 0.5) is 0 Å². The van der Waals surface area contributed by atoms with Crippen LogP contribution in [0.5, 0.6) is 11.5 Å². The molecular formula is C28H33N3O3. The van der Waals surface area contributed by atoms with Crippen LogP contribution in [-0.2, 0) is 11.3 Å². The maximum absolute atomic E-state index is 12.4. The second kappa shape index (κ2) is 11.5. The van der Waals surface area contributed by atoms with E-state index in [0.717, 1.165) is 35.7 Å². The summed E-state index contributed by atoms with van der Waals surface area (Å²) < 4.78 is 13.5. The SMILES string of the molecule is COc1cc(/C=C/C(=O)NC2CCC(C)CC2)cc(OCCn2ccnc2-c2ccccc2)c1. The first-order valence-corrected chi connectivity index (χ1v) is 12.0. The minimum Gasteiger partial charge on any atom is -0.497 e. The maximum Gasteiger partial charge on any atom is 0.244 e. The van der Waals surface area contributed by atoms with Crippen molar-refractivity contribution >= 4 is 12.0 Å². The molecule has 0 unspecified atom stereocenters. The lowest BCUT2D eigenvalue weighted by molar-refractivity contribution is -0.117. The molecule has 0 aliphatic heterocycles. The normalized spacial score (nSPS) is 18.1. The van der Waals surface area contributed by atoms with E-state index in [-0.39, 0.29) is 11.9 Å². The zero-order valence-corrected chi connectivity index (χ0v) is 19.9. The third-order valence-electron chi connectivity index (χ3n) is 6.28. The van der Waals surface area contributed by atoms with Crippen LogP contribution < -0.4 is 14.8 Å². The van der Waals surface area contributed by atoms with Crippen LogP contribution in [0, 0.1) is 5.92 Å². The van der Waals surface area contributed by atoms with Crippen molar-refractivity contribution in [2.45, 2.75) is 45.2 Å². The number of nitrogens with one attached hydrogen (secondary N) is 1. The molecule has 1 fully saturated rings. The molecule has 1 heterocycles. The number of hydrogen-bond acceptors (Lipinski definition) is 4. The van der Waals surface area contributed by atoms with Crippen molar-refractivity contribution in [1.82, 2.24) is 14.9 Å². The summed E-state index contributed by atoms with van der Waals surface area (Å²) in [7, 11) is 1.63. The highest BCUT2D eigenvalue weighted by molar-refractivity contribution is 5.92. The molecule has 1 aliphatic carbocycles. The average molecular weight is 460 g/mol. The van der Waals surface area contributed by atoms with E-state index in [9.17, 15) is 4.79 Å². The first-order chi connectivity index (χ1) is 16.6. The van der Waals surface area contributed by atoms with E-state index in [2.05, 4.69) is 21.8 Å². The number of amides is 1. The van der Waals surface area contributed by atoms with Crippen molar-refractivity contribution in [3.63, 3.8) is 0 Å². The number of ether oxygens (including phenoxy) is 2. The molecule has 6 nitrogen and oxygen atoms in total. The van der Waals surface area contributed by atoms with Crippen LogP contribution in [0.3, 0.4) is 0 Å². The quantitative estimate of drug-likeness (QED) is 0.438. The van der Waals surface area contributed by atoms with Gasteiger partial charge in [0.1, 0.15) is 23.9 Å². The number of carbonyl (C=O) groups is 1. The summed E-state index contributed by atoms with van der Waals surface area (Å²) in [6.45, 7) is 3.42. The van der Waals surface area contributed by atoms with Gasteiger partial charge in [-0.15, -0.1) is 0 Å². The summed E-state index contributed by atoms with van der Waals surface area (Å²) in [5, 5.41) is 3.12. The Kier molecular flexibility index (Phi) is 8.02. The van der Waals surface area contributed by atoms with Gasteiger partial charge >= 0.3 is 0 Å². The monoisotopic (exact) mass is 459 g/mol. The summed E-state index contributed by atoms with van der Waals surface area (Å²) >= 11 is 0. The Labute approximate surface area is 201 Å². The lowest BCUT2D eigenvalue weighted by Gasteiger charge is -2.26. The van der Waals surface area contributed by atoms with Crippen LogP contribution >= 0.6 is 0 Å². The molecule has 0 spiro atoms. The Morgan fingerprint density at radius 2 is 1.88 bits per heavy atom. The topological polar surface area (TPSA) is 65.4 Å². The summed E-state index contributed by atoms with van der Waals surface area (Å²) in [6, 6.07) is 16.0. The van der Waals surface area contributed by atoms with Crippen LogP contribution in [0.2, 0.25) is 0 Å². The third kappa shape index (κ3) is 6.50.